The van der Waals surface area contributed by atoms with Crippen LogP contribution in [0.5, 0.6) is 0 Å². The molecule has 1 atom stereocenters. The molecule has 0 aromatic rings. The summed E-state index contributed by atoms with van der Waals surface area (Å²) in [5.74, 6) is 3.13. The lowest BCUT2D eigenvalue weighted by atomic mass is 9.49. The van der Waals surface area contributed by atoms with Gasteiger partial charge in [0.2, 0.25) is 0 Å². The van der Waals surface area contributed by atoms with E-state index in [1.165, 1.54) is 32.1 Å². The van der Waals surface area contributed by atoms with Crippen LogP contribution in [-0.2, 0) is 9.53 Å². The van der Waals surface area contributed by atoms with Crippen LogP contribution in [0.25, 0.3) is 0 Å². The Hall–Kier alpha value is 0.930. The highest BCUT2D eigenvalue weighted by atomic mass is 127. The van der Waals surface area contributed by atoms with Gasteiger partial charge in [0.05, 0.1) is 0 Å². The van der Waals surface area contributed by atoms with Crippen molar-refractivity contribution in [3.8, 4) is 0 Å². The first kappa shape index (κ1) is 15.8. The third kappa shape index (κ3) is 2.44. The van der Waals surface area contributed by atoms with Crippen LogP contribution in [0.4, 0.5) is 0 Å². The van der Waals surface area contributed by atoms with Crippen molar-refractivity contribution in [2.45, 2.75) is 61.4 Å². The summed E-state index contributed by atoms with van der Waals surface area (Å²) >= 11 is 4.55. The summed E-state index contributed by atoms with van der Waals surface area (Å²) in [6, 6.07) is 0. The molecule has 0 aromatic carbocycles. The zero-order valence-corrected chi connectivity index (χ0v) is 16.6. The van der Waals surface area contributed by atoms with E-state index in [0.29, 0.717) is 11.8 Å². The van der Waals surface area contributed by atoms with Crippen molar-refractivity contribution in [2.24, 2.45) is 23.7 Å². The van der Waals surface area contributed by atoms with Gasteiger partial charge < -0.3 is 4.74 Å². The molecule has 4 rings (SSSR count). The summed E-state index contributed by atoms with van der Waals surface area (Å²) < 4.78 is 6.70. The highest BCUT2D eigenvalue weighted by Crippen LogP contribution is 2.60. The van der Waals surface area contributed by atoms with E-state index < -0.39 is 0 Å². The molecule has 1 unspecified atom stereocenters. The lowest BCUT2D eigenvalue weighted by molar-refractivity contribution is -0.211. The summed E-state index contributed by atoms with van der Waals surface area (Å²) in [6.07, 6.45) is 7.65. The van der Waals surface area contributed by atoms with Crippen LogP contribution < -0.4 is 0 Å². The smallest absolute Gasteiger partial charge is 0.323 e. The molecular formula is C16H24I2O2. The van der Waals surface area contributed by atoms with Gasteiger partial charge in [0.1, 0.15) is 9.02 Å². The molecule has 4 bridgehead atoms. The van der Waals surface area contributed by atoms with Crippen molar-refractivity contribution < 1.29 is 9.53 Å². The zero-order valence-electron chi connectivity index (χ0n) is 12.3. The van der Waals surface area contributed by atoms with Crippen molar-refractivity contribution >= 4 is 51.2 Å². The number of ether oxygens (including phenoxy) is 1. The third-order valence-electron chi connectivity index (χ3n) is 6.03. The maximum Gasteiger partial charge on any atom is 0.323 e. The zero-order chi connectivity index (χ0) is 14.5. The Morgan fingerprint density at radius 2 is 1.70 bits per heavy atom. The number of hydrogen-bond donors (Lipinski definition) is 0. The molecule has 2 nitrogen and oxygen atoms in total. The molecule has 0 aromatic heterocycles. The van der Waals surface area contributed by atoms with Crippen LogP contribution in [0, 0.1) is 23.7 Å². The second-order valence-corrected chi connectivity index (χ2v) is 10.5. The van der Waals surface area contributed by atoms with E-state index in [1.54, 1.807) is 0 Å². The van der Waals surface area contributed by atoms with Gasteiger partial charge in [-0.1, -0.05) is 52.1 Å². The normalized spacial score (nSPS) is 45.2. The van der Waals surface area contributed by atoms with Gasteiger partial charge >= 0.3 is 5.97 Å². The van der Waals surface area contributed by atoms with E-state index in [0.717, 1.165) is 22.7 Å². The molecule has 0 spiro atoms. The first-order chi connectivity index (χ1) is 9.41. The van der Waals surface area contributed by atoms with Gasteiger partial charge in [-0.15, -0.1) is 0 Å². The number of hydrogen-bond acceptors (Lipinski definition) is 2. The van der Waals surface area contributed by atoms with E-state index >= 15 is 0 Å². The molecule has 4 saturated carbocycles. The molecule has 0 saturated heterocycles. The number of halogens is 2. The summed E-state index contributed by atoms with van der Waals surface area (Å²) in [7, 11) is 0. The first-order valence-electron chi connectivity index (χ1n) is 7.89. The van der Waals surface area contributed by atoms with Gasteiger partial charge in [-0.25, -0.2) is 0 Å². The summed E-state index contributed by atoms with van der Waals surface area (Å²) in [5.41, 5.74) is -0.136. The van der Waals surface area contributed by atoms with Crippen molar-refractivity contribution in [1.29, 1.82) is 0 Å². The minimum Gasteiger partial charge on any atom is -0.457 e. The molecule has 114 valence electrons. The molecule has 0 heterocycles. The number of carbonyl (C=O) groups excluding carboxylic acids is 1. The van der Waals surface area contributed by atoms with Crippen LogP contribution in [0.2, 0.25) is 0 Å². The van der Waals surface area contributed by atoms with E-state index in [4.69, 9.17) is 4.74 Å². The molecule has 4 heteroatoms. The van der Waals surface area contributed by atoms with E-state index in [-0.39, 0.29) is 15.0 Å². The molecule has 20 heavy (non-hydrogen) atoms. The molecule has 4 aliphatic carbocycles. The number of rotatable bonds is 4. The summed E-state index contributed by atoms with van der Waals surface area (Å²) in [4.78, 5) is 12.6. The molecule has 0 aliphatic heterocycles. The van der Waals surface area contributed by atoms with Crippen molar-refractivity contribution in [1.82, 2.24) is 0 Å². The Morgan fingerprint density at radius 3 is 2.10 bits per heavy atom. The standard InChI is InChI=1S/C16H24I2O2/c1-3-16(20-14(19)15(2,18)9-17)12-5-10-4-11(7-12)8-13(16)6-10/h10-13H,3-9H2,1-2H3. The van der Waals surface area contributed by atoms with Gasteiger partial charge in [-0.05, 0) is 69.1 Å². The fourth-order valence-corrected chi connectivity index (χ4v) is 5.55. The van der Waals surface area contributed by atoms with Crippen LogP contribution in [0.15, 0.2) is 0 Å². The molecule has 0 N–H and O–H groups in total. The predicted octanol–water partition coefficient (Wildman–Crippen LogP) is 4.76. The average molecular weight is 502 g/mol. The quantitative estimate of drug-likeness (QED) is 0.315. The minimum absolute atomic E-state index is 0.0156. The fraction of sp³-hybridized carbons (Fsp3) is 0.938. The van der Waals surface area contributed by atoms with Gasteiger partial charge in [0, 0.05) is 4.43 Å². The maximum absolute atomic E-state index is 12.6. The number of esters is 1. The Morgan fingerprint density at radius 1 is 1.20 bits per heavy atom. The van der Waals surface area contributed by atoms with Crippen molar-refractivity contribution in [3.63, 3.8) is 0 Å². The first-order valence-corrected chi connectivity index (χ1v) is 10.5. The highest BCUT2D eigenvalue weighted by molar-refractivity contribution is 14.1. The molecule has 0 amide bonds. The summed E-state index contributed by atoms with van der Waals surface area (Å²) in [5, 5.41) is 0. The largest absolute Gasteiger partial charge is 0.457 e. The van der Waals surface area contributed by atoms with Crippen molar-refractivity contribution in [3.05, 3.63) is 0 Å². The van der Waals surface area contributed by atoms with Crippen LogP contribution in [0.3, 0.4) is 0 Å². The fourth-order valence-electron chi connectivity index (χ4n) is 5.13. The maximum atomic E-state index is 12.6. The van der Waals surface area contributed by atoms with Gasteiger partial charge in [0.15, 0.2) is 0 Å². The second-order valence-electron chi connectivity index (χ2n) is 7.33. The monoisotopic (exact) mass is 502 g/mol. The number of carbonyl (C=O) groups is 1. The molecule has 4 aliphatic rings. The Kier molecular flexibility index (Phi) is 4.37. The van der Waals surface area contributed by atoms with E-state index in [2.05, 4.69) is 52.1 Å². The minimum atomic E-state index is -0.380. The van der Waals surface area contributed by atoms with Gasteiger partial charge in [-0.3, -0.25) is 4.79 Å². The predicted molar refractivity (Wildman–Crippen MR) is 97.5 cm³/mol. The van der Waals surface area contributed by atoms with Crippen LogP contribution in [-0.4, -0.2) is 19.4 Å². The topological polar surface area (TPSA) is 26.3 Å². The SMILES string of the molecule is CCC1(OC(=O)C(C)(I)CI)C2CC3CC(C2)CC1C3. The third-order valence-corrected chi connectivity index (χ3v) is 9.84. The lowest BCUT2D eigenvalue weighted by Gasteiger charge is -2.60. The van der Waals surface area contributed by atoms with Gasteiger partial charge in [-0.2, -0.15) is 0 Å². The van der Waals surface area contributed by atoms with E-state index in [1.807, 2.05) is 6.92 Å². The van der Waals surface area contributed by atoms with Gasteiger partial charge in [0.25, 0.3) is 0 Å². The van der Waals surface area contributed by atoms with Crippen LogP contribution in [0.1, 0.15) is 52.4 Å². The van der Waals surface area contributed by atoms with Crippen molar-refractivity contribution in [2.75, 3.05) is 4.43 Å². The Balaban J connectivity index is 1.83. The average Bonchev–Trinajstić information content (AvgIpc) is 2.42. The number of alkyl halides is 2. The summed E-state index contributed by atoms with van der Waals surface area (Å²) in [6.45, 7) is 4.23. The lowest BCUT2D eigenvalue weighted by Crippen LogP contribution is -2.60. The second kappa shape index (κ2) is 5.53. The Bertz CT molecular complexity index is 377. The molecular weight excluding hydrogens is 478 g/mol. The van der Waals surface area contributed by atoms with Crippen LogP contribution >= 0.6 is 45.2 Å². The van der Waals surface area contributed by atoms with E-state index in [9.17, 15) is 4.79 Å². The molecule has 4 fully saturated rings. The Labute approximate surface area is 149 Å². The highest BCUT2D eigenvalue weighted by Gasteiger charge is 2.59. The molecule has 0 radical (unpaired) electrons.